The Morgan fingerprint density at radius 1 is 0.700 bits per heavy atom. The Kier molecular flexibility index (Phi) is 6.85. The van der Waals surface area contributed by atoms with Crippen LogP contribution in [0.2, 0.25) is 78.6 Å². The largest absolute Gasteiger partial charge is 0.438 e. The zero-order valence-corrected chi connectivity index (χ0v) is 20.6. The molecule has 0 heterocycles. The highest BCUT2D eigenvalue weighted by atomic mass is 31.1. The first kappa shape index (κ1) is 20.9. The van der Waals surface area contributed by atoms with Crippen LogP contribution < -0.4 is 0 Å². The smallest absolute Gasteiger partial charge is 0.203 e. The summed E-state index contributed by atoms with van der Waals surface area (Å²) >= 11 is 0. The predicted molar refractivity (Wildman–Crippen MR) is 106 cm³/mol. The van der Waals surface area contributed by atoms with Crippen LogP contribution in [-0.2, 0) is 4.21 Å². The highest BCUT2D eigenvalue weighted by molar-refractivity contribution is 7.49. The van der Waals surface area contributed by atoms with Gasteiger partial charge in [0, 0.05) is 0 Å². The predicted octanol–water partition coefficient (Wildman–Crippen LogP) is 6.14. The van der Waals surface area contributed by atoms with Gasteiger partial charge in [0.05, 0.1) is 0 Å². The van der Waals surface area contributed by atoms with Crippen molar-refractivity contribution in [2.75, 3.05) is 0 Å². The Hall–Kier alpha value is 0.888. The van der Waals surface area contributed by atoms with Crippen molar-refractivity contribution in [2.24, 2.45) is 4.41 Å². The average molecular weight is 368 g/mol. The van der Waals surface area contributed by atoms with Crippen LogP contribution in [0, 0.1) is 0 Å². The van der Waals surface area contributed by atoms with Gasteiger partial charge in [-0.3, -0.25) is 0 Å². The molecule has 0 rings (SSSR count). The molecule has 0 amide bonds. The molecule has 0 spiro atoms. The lowest BCUT2D eigenvalue weighted by Crippen LogP contribution is -2.55. The van der Waals surface area contributed by atoms with Gasteiger partial charge < -0.3 is 0 Å². The van der Waals surface area contributed by atoms with Crippen molar-refractivity contribution in [3.63, 3.8) is 0 Å². The van der Waals surface area contributed by atoms with Gasteiger partial charge in [0.1, 0.15) is 0 Å². The normalized spacial score (nSPS) is 15.9. The van der Waals surface area contributed by atoms with E-state index in [2.05, 4.69) is 82.6 Å². The van der Waals surface area contributed by atoms with Crippen LogP contribution >= 0.6 is 8.09 Å². The summed E-state index contributed by atoms with van der Waals surface area (Å²) in [7, 11) is -6.71. The van der Waals surface area contributed by atoms with Crippen LogP contribution in [-0.4, -0.2) is 37.0 Å². The topological polar surface area (TPSA) is 24.8 Å². The Morgan fingerprint density at radius 2 is 1.05 bits per heavy atom. The number of nitrogens with zero attached hydrogens (tertiary/aromatic N) is 2. The van der Waals surface area contributed by atoms with Crippen molar-refractivity contribution >= 4 is 41.1 Å². The summed E-state index contributed by atoms with van der Waals surface area (Å²) in [5.41, 5.74) is 0. The summed E-state index contributed by atoms with van der Waals surface area (Å²) in [6, 6.07) is 0. The summed E-state index contributed by atoms with van der Waals surface area (Å²) in [4.78, 5) is 0. The van der Waals surface area contributed by atoms with Crippen LogP contribution in [0.3, 0.4) is 0 Å². The first-order valence-corrected chi connectivity index (χ1v) is 22.4. The van der Waals surface area contributed by atoms with Crippen molar-refractivity contribution in [3.8, 4) is 0 Å². The van der Waals surface area contributed by atoms with Gasteiger partial charge in [-0.15, -0.1) is 8.41 Å². The molecule has 120 valence electrons. The first-order chi connectivity index (χ1) is 8.43. The number of hydrogen-bond acceptors (Lipinski definition) is 2. The second-order valence-electron chi connectivity index (χ2n) is 9.38. The van der Waals surface area contributed by atoms with Gasteiger partial charge in [-0.1, -0.05) is 39.3 Å². The van der Waals surface area contributed by atoms with Gasteiger partial charge in [0.25, 0.3) is 8.32 Å². The minimum absolute atomic E-state index is 0.771. The first-order valence-electron chi connectivity index (χ1n) is 7.46. The minimum Gasteiger partial charge on any atom is -0.203 e. The molecule has 0 saturated carbocycles. The molecule has 0 aromatic heterocycles. The van der Waals surface area contributed by atoms with Gasteiger partial charge in [0.2, 0.25) is 8.24 Å². The third-order valence-corrected chi connectivity index (χ3v) is 19.6. The van der Waals surface area contributed by atoms with Gasteiger partial charge in [-0.05, 0) is 39.3 Å². The van der Waals surface area contributed by atoms with E-state index in [1.54, 1.807) is 0 Å². The summed E-state index contributed by atoms with van der Waals surface area (Å²) in [5, 5.41) is 0. The van der Waals surface area contributed by atoms with Gasteiger partial charge in [-0.2, -0.15) is 0 Å². The van der Waals surface area contributed by atoms with E-state index in [1.165, 1.54) is 0 Å². The molecule has 0 saturated heterocycles. The third-order valence-electron chi connectivity index (χ3n) is 2.18. The Balaban J connectivity index is 5.88. The molecule has 3 nitrogen and oxygen atoms in total. The van der Waals surface area contributed by atoms with E-state index >= 15 is 0 Å². The fourth-order valence-electron chi connectivity index (χ4n) is 2.13. The summed E-state index contributed by atoms with van der Waals surface area (Å²) in [6.07, 6.45) is 0. The molecule has 0 aliphatic carbocycles. The van der Waals surface area contributed by atoms with Crippen LogP contribution in [0.25, 0.3) is 0 Å². The van der Waals surface area contributed by atoms with E-state index in [0.29, 0.717) is 0 Å². The molecule has 0 bridgehead atoms. The third kappa shape index (κ3) is 8.36. The summed E-state index contributed by atoms with van der Waals surface area (Å²) < 4.78 is 14.6. The van der Waals surface area contributed by atoms with E-state index in [-0.39, 0.29) is 0 Å². The highest BCUT2D eigenvalue weighted by Crippen LogP contribution is 2.45. The monoisotopic (exact) mass is 367 g/mol. The Morgan fingerprint density at radius 3 is 1.25 bits per heavy atom. The molecule has 0 aliphatic heterocycles. The molecular weight excluding hydrogens is 331 g/mol. The maximum Gasteiger partial charge on any atom is 0.438 e. The Labute approximate surface area is 132 Å². The van der Waals surface area contributed by atoms with Gasteiger partial charge in [-0.25, -0.2) is 4.21 Å². The van der Waals surface area contributed by atoms with E-state index < -0.39 is 41.1 Å². The van der Waals surface area contributed by atoms with Gasteiger partial charge >= 0.3 is 8.09 Å². The maximum absolute atomic E-state index is 6.60. The van der Waals surface area contributed by atoms with E-state index in [4.69, 9.17) is 8.62 Å². The maximum atomic E-state index is 6.60. The molecule has 20 heavy (non-hydrogen) atoms. The molecule has 0 radical (unpaired) electrons. The zero-order valence-electron chi connectivity index (χ0n) is 15.7. The minimum atomic E-state index is -1.58. The number of rotatable bonds is 6. The molecule has 0 N–H and O–H groups in total. The lowest BCUT2D eigenvalue weighted by atomic mass is 11.8. The molecule has 8 heteroatoms. The molecule has 0 aliphatic rings. The van der Waals surface area contributed by atoms with Crippen molar-refractivity contribution < 1.29 is 4.21 Å². The second kappa shape index (κ2) is 6.56. The fraction of sp³-hybridized carbons (Fsp3) is 1.00. The van der Waals surface area contributed by atoms with E-state index in [0.717, 1.165) is 0 Å². The standard InChI is InChI=1S/C12H36N2OPSi4/c1-17(2,3)13-16(15-20(10,11)12)14(18(4,5)6)19(7,8)9/h1-12H3/q+1. The van der Waals surface area contributed by atoms with Crippen LogP contribution in [0.15, 0.2) is 4.41 Å². The average Bonchev–Trinajstić information content (AvgIpc) is 1.87. The summed E-state index contributed by atoms with van der Waals surface area (Å²) in [6.45, 7) is 28.5. The molecule has 0 aromatic carbocycles. The second-order valence-corrected chi connectivity index (χ2v) is 31.2. The van der Waals surface area contributed by atoms with Crippen molar-refractivity contribution in [2.45, 2.75) is 78.6 Å². The fourth-order valence-corrected chi connectivity index (χ4v) is 21.1. The van der Waals surface area contributed by atoms with E-state index in [9.17, 15) is 0 Å². The van der Waals surface area contributed by atoms with Crippen molar-refractivity contribution in [1.82, 2.24) is 4.00 Å². The molecule has 0 aromatic rings. The zero-order chi connectivity index (χ0) is 16.6. The Bertz CT molecular complexity index is 348. The SMILES string of the molecule is C[Si](C)(C)/N=[P+](\O[Si](C)(C)C)N([Si](C)(C)C)[Si](C)(C)C. The molecule has 1 unspecified atom stereocenters. The van der Waals surface area contributed by atoms with Crippen LogP contribution in [0.1, 0.15) is 0 Å². The van der Waals surface area contributed by atoms with Gasteiger partial charge in [0.15, 0.2) is 16.5 Å². The van der Waals surface area contributed by atoms with Crippen LogP contribution in [0.4, 0.5) is 0 Å². The van der Waals surface area contributed by atoms with E-state index in [1.807, 2.05) is 0 Å². The summed E-state index contributed by atoms with van der Waals surface area (Å²) in [5.74, 6) is 0. The van der Waals surface area contributed by atoms with Crippen molar-refractivity contribution in [1.29, 1.82) is 0 Å². The molecule has 1 atom stereocenters. The van der Waals surface area contributed by atoms with Crippen LogP contribution in [0.5, 0.6) is 0 Å². The van der Waals surface area contributed by atoms with Crippen molar-refractivity contribution in [3.05, 3.63) is 0 Å². The molecular formula is C12H36N2OPSi4+. The lowest BCUT2D eigenvalue weighted by molar-refractivity contribution is 0.600. The highest BCUT2D eigenvalue weighted by Gasteiger charge is 2.49. The number of hydrogen-bond donors (Lipinski definition) is 0. The molecule has 0 fully saturated rings. The quantitative estimate of drug-likeness (QED) is 0.416. The lowest BCUT2D eigenvalue weighted by Gasteiger charge is -2.35.